The van der Waals surface area contributed by atoms with E-state index in [9.17, 15) is 4.79 Å². The Morgan fingerprint density at radius 3 is 2.06 bits per heavy atom. The summed E-state index contributed by atoms with van der Waals surface area (Å²) in [4.78, 5) is 11.5. The fraction of sp³-hybridized carbons (Fsp3) is 0.909. The van der Waals surface area contributed by atoms with Crippen molar-refractivity contribution in [3.63, 3.8) is 0 Å². The van der Waals surface area contributed by atoms with Gasteiger partial charge in [0, 0.05) is 12.8 Å². The van der Waals surface area contributed by atoms with E-state index in [0.29, 0.717) is 0 Å². The number of ether oxygens (including phenoxy) is 1. The Bertz CT molecular complexity index is 261. The van der Waals surface area contributed by atoms with Crippen LogP contribution in [-0.4, -0.2) is 26.9 Å². The van der Waals surface area contributed by atoms with Crippen LogP contribution in [0.15, 0.2) is 0 Å². The van der Waals surface area contributed by atoms with Crippen molar-refractivity contribution < 1.29 is 14.8 Å². The van der Waals surface area contributed by atoms with Gasteiger partial charge < -0.3 is 10.1 Å². The first-order chi connectivity index (χ1) is 7.11. The predicted molar refractivity (Wildman–Crippen MR) is 70.8 cm³/mol. The largest absolute Gasteiger partial charge is 0.460 e. The van der Waals surface area contributed by atoms with E-state index in [0.717, 1.165) is 12.8 Å². The van der Waals surface area contributed by atoms with Crippen LogP contribution in [0.2, 0.25) is 0 Å². The molecular formula is C11H20Br2NO2+. The summed E-state index contributed by atoms with van der Waals surface area (Å²) in [5.41, 5.74) is 0.252. The molecule has 5 heteroatoms. The molecule has 0 radical (unpaired) electrons. The third kappa shape index (κ3) is 4.34. The molecule has 0 atom stereocenters. The monoisotopic (exact) mass is 356 g/mol. The maximum absolute atomic E-state index is 11.5. The molecule has 0 aromatic heterocycles. The molecule has 94 valence electrons. The second kappa shape index (κ2) is 4.94. The number of alkyl halides is 2. The highest BCUT2D eigenvalue weighted by Crippen LogP contribution is 2.25. The molecule has 0 unspecified atom stereocenters. The topological polar surface area (TPSA) is 42.9 Å². The van der Waals surface area contributed by atoms with Gasteiger partial charge in [-0.3, -0.25) is 0 Å². The van der Waals surface area contributed by atoms with Crippen molar-refractivity contribution in [3.8, 4) is 0 Å². The minimum atomic E-state index is -0.405. The number of hydrogen-bond donors (Lipinski definition) is 1. The summed E-state index contributed by atoms with van der Waals surface area (Å²) in [5.74, 6) is -0.238. The van der Waals surface area contributed by atoms with Crippen LogP contribution in [0.3, 0.4) is 0 Å². The van der Waals surface area contributed by atoms with E-state index in [2.05, 4.69) is 64.9 Å². The normalized spacial score (nSPS) is 24.4. The molecule has 16 heavy (non-hydrogen) atoms. The van der Waals surface area contributed by atoms with E-state index in [1.165, 1.54) is 0 Å². The van der Waals surface area contributed by atoms with Crippen molar-refractivity contribution in [1.29, 1.82) is 0 Å². The van der Waals surface area contributed by atoms with Gasteiger partial charge >= 0.3 is 5.97 Å². The number of piperidine rings is 1. The van der Waals surface area contributed by atoms with Gasteiger partial charge in [-0.2, -0.15) is 0 Å². The number of carbonyl (C=O) groups is 1. The number of carbonyl (C=O) groups excluding carboxylic acids is 1. The molecule has 1 aliphatic rings. The van der Waals surface area contributed by atoms with Crippen LogP contribution in [0.5, 0.6) is 0 Å². The van der Waals surface area contributed by atoms with Crippen LogP contribution in [0.25, 0.3) is 0 Å². The molecule has 3 nitrogen and oxygen atoms in total. The van der Waals surface area contributed by atoms with Gasteiger partial charge in [0.1, 0.15) is 6.10 Å². The van der Waals surface area contributed by atoms with E-state index in [-0.39, 0.29) is 23.2 Å². The van der Waals surface area contributed by atoms with Gasteiger partial charge in [0.15, 0.2) is 3.74 Å². The zero-order valence-electron chi connectivity index (χ0n) is 10.2. The van der Waals surface area contributed by atoms with Crippen LogP contribution in [0, 0.1) is 0 Å². The molecule has 0 bridgehead atoms. The van der Waals surface area contributed by atoms with Gasteiger partial charge in [0.2, 0.25) is 0 Å². The maximum Gasteiger partial charge on any atom is 0.330 e. The smallest absolute Gasteiger partial charge is 0.330 e. The standard InChI is InChI=1S/C11H19Br2NO2/c1-10(2)5-7(6-11(3,4)14-10)16-9(15)8(12)13/h7-8,14H,5-6H2,1-4H3/p+1. The molecule has 0 aromatic rings. The highest BCUT2D eigenvalue weighted by Gasteiger charge is 2.43. The first kappa shape index (κ1) is 14.5. The number of nitrogens with two attached hydrogens (primary N) is 1. The lowest BCUT2D eigenvalue weighted by Gasteiger charge is -2.42. The fourth-order valence-corrected chi connectivity index (χ4v) is 2.94. The van der Waals surface area contributed by atoms with Crippen molar-refractivity contribution >= 4 is 37.8 Å². The fourth-order valence-electron chi connectivity index (χ4n) is 2.72. The summed E-state index contributed by atoms with van der Waals surface area (Å²) in [6, 6.07) is 0. The quantitative estimate of drug-likeness (QED) is 0.606. The Kier molecular flexibility index (Phi) is 4.46. The molecule has 1 rings (SSSR count). The van der Waals surface area contributed by atoms with E-state index >= 15 is 0 Å². The zero-order chi connectivity index (χ0) is 12.6. The first-order valence-corrected chi connectivity index (χ1v) is 7.30. The lowest BCUT2D eigenvalue weighted by atomic mass is 9.81. The molecule has 2 N–H and O–H groups in total. The van der Waals surface area contributed by atoms with Crippen LogP contribution in [0.4, 0.5) is 0 Å². The van der Waals surface area contributed by atoms with E-state index in [1.807, 2.05) is 0 Å². The Labute approximate surface area is 114 Å². The number of esters is 1. The van der Waals surface area contributed by atoms with Crippen molar-refractivity contribution in [2.45, 2.75) is 61.5 Å². The summed E-state index contributed by atoms with van der Waals surface area (Å²) < 4.78 is 5.07. The Morgan fingerprint density at radius 1 is 1.25 bits per heavy atom. The summed E-state index contributed by atoms with van der Waals surface area (Å²) in [6.45, 7) is 8.76. The average molecular weight is 358 g/mol. The SMILES string of the molecule is CC1(C)CC(OC(=O)C(Br)Br)CC(C)(C)[NH2+]1. The maximum atomic E-state index is 11.5. The molecule has 0 spiro atoms. The van der Waals surface area contributed by atoms with Gasteiger partial charge in [0.25, 0.3) is 0 Å². The van der Waals surface area contributed by atoms with Crippen molar-refractivity contribution in [1.82, 2.24) is 0 Å². The Hall–Kier alpha value is 0.390. The second-order valence-corrected chi connectivity index (χ2v) is 8.95. The Balaban J connectivity index is 2.64. The average Bonchev–Trinajstić information content (AvgIpc) is 1.96. The van der Waals surface area contributed by atoms with Crippen LogP contribution >= 0.6 is 31.9 Å². The Morgan fingerprint density at radius 2 is 1.69 bits per heavy atom. The van der Waals surface area contributed by atoms with Crippen molar-refractivity contribution in [2.75, 3.05) is 0 Å². The van der Waals surface area contributed by atoms with Gasteiger partial charge in [-0.05, 0) is 27.7 Å². The molecule has 0 aliphatic carbocycles. The molecule has 0 aromatic carbocycles. The van der Waals surface area contributed by atoms with Crippen LogP contribution < -0.4 is 5.32 Å². The lowest BCUT2D eigenvalue weighted by Crippen LogP contribution is -3.06. The number of rotatable bonds is 2. The van der Waals surface area contributed by atoms with Crippen molar-refractivity contribution in [2.24, 2.45) is 0 Å². The molecule has 0 amide bonds. The molecule has 0 saturated carbocycles. The number of halogens is 2. The minimum Gasteiger partial charge on any atom is -0.460 e. The summed E-state index contributed by atoms with van der Waals surface area (Å²) >= 11 is 6.32. The van der Waals surface area contributed by atoms with E-state index in [4.69, 9.17) is 4.74 Å². The lowest BCUT2D eigenvalue weighted by molar-refractivity contribution is -0.789. The van der Waals surface area contributed by atoms with E-state index < -0.39 is 3.74 Å². The first-order valence-electron chi connectivity index (χ1n) is 5.47. The molecule has 1 saturated heterocycles. The summed E-state index contributed by atoms with van der Waals surface area (Å²) in [7, 11) is 0. The summed E-state index contributed by atoms with van der Waals surface area (Å²) in [5, 5.41) is 2.37. The zero-order valence-corrected chi connectivity index (χ0v) is 13.4. The van der Waals surface area contributed by atoms with Gasteiger partial charge in [-0.15, -0.1) is 0 Å². The third-order valence-corrected chi connectivity index (χ3v) is 3.50. The van der Waals surface area contributed by atoms with Gasteiger partial charge in [0.05, 0.1) is 11.1 Å². The van der Waals surface area contributed by atoms with Gasteiger partial charge in [-0.1, -0.05) is 31.9 Å². The van der Waals surface area contributed by atoms with Gasteiger partial charge in [-0.25, -0.2) is 4.79 Å². The molecule has 1 fully saturated rings. The van der Waals surface area contributed by atoms with Crippen LogP contribution in [0.1, 0.15) is 40.5 Å². The molecule has 1 heterocycles. The highest BCUT2D eigenvalue weighted by molar-refractivity contribution is 9.25. The summed E-state index contributed by atoms with van der Waals surface area (Å²) in [6.07, 6.45) is 1.81. The van der Waals surface area contributed by atoms with Crippen LogP contribution in [-0.2, 0) is 9.53 Å². The molecule has 1 aliphatic heterocycles. The molecular weight excluding hydrogens is 338 g/mol. The third-order valence-electron chi connectivity index (χ3n) is 2.75. The van der Waals surface area contributed by atoms with Crippen molar-refractivity contribution in [3.05, 3.63) is 0 Å². The minimum absolute atomic E-state index is 0.0140. The number of hydrogen-bond acceptors (Lipinski definition) is 2. The highest BCUT2D eigenvalue weighted by atomic mass is 79.9. The number of quaternary nitrogens is 1. The second-order valence-electron chi connectivity index (χ2n) is 5.89. The predicted octanol–water partition coefficient (Wildman–Crippen LogP) is 1.93. The van der Waals surface area contributed by atoms with E-state index in [1.54, 1.807) is 0 Å².